The Labute approximate surface area is 212 Å². The van der Waals surface area contributed by atoms with Crippen molar-refractivity contribution in [2.24, 2.45) is 0 Å². The van der Waals surface area contributed by atoms with Crippen LogP contribution in [0.15, 0.2) is 45.8 Å². The molecule has 2 aromatic carbocycles. The van der Waals surface area contributed by atoms with Crippen LogP contribution < -0.4 is 10.6 Å². The minimum Gasteiger partial charge on any atom is -0.444 e. The lowest BCUT2D eigenvalue weighted by Gasteiger charge is -2.30. The number of carbonyl (C=O) groups excluding carboxylic acids is 1. The van der Waals surface area contributed by atoms with Gasteiger partial charge in [0.2, 0.25) is 0 Å². The highest BCUT2D eigenvalue weighted by atomic mass is 79.9. The smallest absolute Gasteiger partial charge is 0.407 e. The standard InChI is InChI=1S/C24H29BrF2N2O5S/c1-24(2,3)34-23(31)29-20(10-14-8-16(26)12-17(27)9-14)21(30)13-28-19-6-7-35(32,33)22-5-4-15(25)11-18(19)22/h4-5,8-9,11-12,19-21,28,30H,6-7,10,13H2,1-3H3,(H,29,31)/t19?,20-,21+/m0/s1. The van der Waals surface area contributed by atoms with Crippen molar-refractivity contribution in [3.63, 3.8) is 0 Å². The van der Waals surface area contributed by atoms with Crippen LogP contribution in [0.25, 0.3) is 0 Å². The number of rotatable bonds is 7. The molecule has 0 radical (unpaired) electrons. The zero-order chi connectivity index (χ0) is 26.0. The van der Waals surface area contributed by atoms with Crippen molar-refractivity contribution in [1.82, 2.24) is 10.6 Å². The monoisotopic (exact) mass is 574 g/mol. The SMILES string of the molecule is CC(C)(C)OC(=O)N[C@@H](Cc1cc(F)cc(F)c1)[C@H](O)CNC1CCS(=O)(=O)c2ccc(Br)cc21. The summed E-state index contributed by atoms with van der Waals surface area (Å²) in [5, 5.41) is 16.7. The molecule has 1 aliphatic rings. The predicted octanol–water partition coefficient (Wildman–Crippen LogP) is 4.03. The second kappa shape index (κ2) is 10.9. The predicted molar refractivity (Wildman–Crippen MR) is 131 cm³/mol. The van der Waals surface area contributed by atoms with Crippen molar-refractivity contribution in [2.75, 3.05) is 12.3 Å². The number of nitrogens with one attached hydrogen (secondary N) is 2. The average Bonchev–Trinajstić information content (AvgIpc) is 2.70. The highest BCUT2D eigenvalue weighted by molar-refractivity contribution is 9.10. The summed E-state index contributed by atoms with van der Waals surface area (Å²) >= 11 is 3.36. The Morgan fingerprint density at radius 3 is 2.49 bits per heavy atom. The van der Waals surface area contributed by atoms with Gasteiger partial charge in [-0.25, -0.2) is 22.0 Å². The third kappa shape index (κ3) is 7.70. The van der Waals surface area contributed by atoms with Crippen LogP contribution in [0.3, 0.4) is 0 Å². The maximum atomic E-state index is 13.7. The van der Waals surface area contributed by atoms with E-state index in [9.17, 15) is 27.1 Å². The average molecular weight is 575 g/mol. The first-order valence-corrected chi connectivity index (χ1v) is 13.6. The normalized spacial score (nSPS) is 18.9. The van der Waals surface area contributed by atoms with E-state index in [4.69, 9.17) is 4.74 Å². The fourth-order valence-corrected chi connectivity index (χ4v) is 5.94. The van der Waals surface area contributed by atoms with Crippen LogP contribution in [-0.2, 0) is 21.0 Å². The van der Waals surface area contributed by atoms with Gasteiger partial charge < -0.3 is 20.5 Å². The third-order valence-electron chi connectivity index (χ3n) is 5.48. The van der Waals surface area contributed by atoms with E-state index in [1.54, 1.807) is 39.0 Å². The lowest BCUT2D eigenvalue weighted by atomic mass is 9.99. The van der Waals surface area contributed by atoms with Gasteiger partial charge in [0.1, 0.15) is 17.2 Å². The van der Waals surface area contributed by atoms with Crippen LogP contribution in [0.5, 0.6) is 0 Å². The van der Waals surface area contributed by atoms with E-state index in [0.717, 1.165) is 22.7 Å². The lowest BCUT2D eigenvalue weighted by molar-refractivity contribution is 0.0419. The summed E-state index contributed by atoms with van der Waals surface area (Å²) in [6.45, 7) is 5.05. The zero-order valence-corrected chi connectivity index (χ0v) is 22.0. The summed E-state index contributed by atoms with van der Waals surface area (Å²) in [6, 6.07) is 6.64. The van der Waals surface area contributed by atoms with Crippen molar-refractivity contribution in [3.05, 3.63) is 63.6 Å². The van der Waals surface area contributed by atoms with Gasteiger partial charge in [-0.2, -0.15) is 0 Å². The van der Waals surface area contributed by atoms with Crippen LogP contribution >= 0.6 is 15.9 Å². The number of amides is 1. The van der Waals surface area contributed by atoms with E-state index in [0.29, 0.717) is 12.0 Å². The van der Waals surface area contributed by atoms with Gasteiger partial charge in [-0.3, -0.25) is 0 Å². The number of aliphatic hydroxyl groups is 1. The molecule has 1 heterocycles. The van der Waals surface area contributed by atoms with Crippen LogP contribution in [0.1, 0.15) is 44.4 Å². The maximum absolute atomic E-state index is 13.7. The van der Waals surface area contributed by atoms with E-state index in [1.165, 1.54) is 0 Å². The summed E-state index contributed by atoms with van der Waals surface area (Å²) < 4.78 is 58.3. The van der Waals surface area contributed by atoms with Crippen molar-refractivity contribution in [2.45, 2.75) is 62.3 Å². The number of sulfone groups is 1. The Hall–Kier alpha value is -2.08. The summed E-state index contributed by atoms with van der Waals surface area (Å²) in [4.78, 5) is 12.6. The first-order valence-electron chi connectivity index (χ1n) is 11.1. The molecule has 0 fully saturated rings. The van der Waals surface area contributed by atoms with Crippen LogP contribution in [-0.4, -0.2) is 49.7 Å². The van der Waals surface area contributed by atoms with Crippen molar-refractivity contribution in [1.29, 1.82) is 0 Å². The molecular formula is C24H29BrF2N2O5S. The Bertz CT molecular complexity index is 1170. The molecule has 0 saturated heterocycles. The van der Waals surface area contributed by atoms with Gasteiger partial charge in [-0.15, -0.1) is 0 Å². The number of benzene rings is 2. The van der Waals surface area contributed by atoms with Crippen LogP contribution in [0, 0.1) is 11.6 Å². The number of hydrogen-bond acceptors (Lipinski definition) is 6. The number of carbonyl (C=O) groups is 1. The molecule has 1 aliphatic heterocycles. The van der Waals surface area contributed by atoms with Crippen molar-refractivity contribution >= 4 is 31.9 Å². The largest absolute Gasteiger partial charge is 0.444 e. The van der Waals surface area contributed by atoms with Gasteiger partial charge in [-0.05, 0) is 75.1 Å². The number of aliphatic hydroxyl groups excluding tert-OH is 1. The molecule has 0 saturated carbocycles. The number of ether oxygens (including phenoxy) is 1. The van der Waals surface area contributed by atoms with Crippen LogP contribution in [0.4, 0.5) is 13.6 Å². The minimum absolute atomic E-state index is 0.0189. The fourth-order valence-electron chi connectivity index (χ4n) is 3.96. The Morgan fingerprint density at radius 1 is 1.20 bits per heavy atom. The molecule has 35 heavy (non-hydrogen) atoms. The van der Waals surface area contributed by atoms with Gasteiger partial charge in [-0.1, -0.05) is 15.9 Å². The molecule has 7 nitrogen and oxygen atoms in total. The maximum Gasteiger partial charge on any atom is 0.407 e. The second-order valence-corrected chi connectivity index (χ2v) is 12.5. The van der Waals surface area contributed by atoms with Crippen LogP contribution in [0.2, 0.25) is 0 Å². The molecule has 3 N–H and O–H groups in total. The Kier molecular flexibility index (Phi) is 8.56. The molecular weight excluding hydrogens is 546 g/mol. The van der Waals surface area contributed by atoms with Crippen molar-refractivity contribution < 1.29 is 31.8 Å². The molecule has 192 valence electrons. The number of alkyl carbamates (subject to hydrolysis) is 1. The number of fused-ring (bicyclic) bond motifs is 1. The second-order valence-electron chi connectivity index (χ2n) is 9.55. The van der Waals surface area contributed by atoms with Crippen molar-refractivity contribution in [3.8, 4) is 0 Å². The van der Waals surface area contributed by atoms with Gasteiger partial charge in [0.25, 0.3) is 0 Å². The highest BCUT2D eigenvalue weighted by Crippen LogP contribution is 2.34. The Morgan fingerprint density at radius 2 is 1.86 bits per heavy atom. The summed E-state index contributed by atoms with van der Waals surface area (Å²) in [7, 11) is -3.40. The zero-order valence-electron chi connectivity index (χ0n) is 19.6. The van der Waals surface area contributed by atoms with Gasteiger partial charge in [0, 0.05) is 23.1 Å². The quantitative estimate of drug-likeness (QED) is 0.461. The topological polar surface area (TPSA) is 105 Å². The van der Waals surface area contributed by atoms with E-state index < -0.39 is 45.3 Å². The molecule has 3 rings (SSSR count). The molecule has 0 bridgehead atoms. The molecule has 2 aromatic rings. The van der Waals surface area contributed by atoms with Gasteiger partial charge >= 0.3 is 6.09 Å². The molecule has 1 amide bonds. The molecule has 0 aromatic heterocycles. The minimum atomic E-state index is -3.40. The molecule has 0 spiro atoms. The van der Waals surface area contributed by atoms with E-state index >= 15 is 0 Å². The number of hydrogen-bond donors (Lipinski definition) is 3. The van der Waals surface area contributed by atoms with E-state index in [1.807, 2.05) is 0 Å². The summed E-state index contributed by atoms with van der Waals surface area (Å²) in [6.07, 6.45) is -1.71. The third-order valence-corrected chi connectivity index (χ3v) is 7.78. The fraction of sp³-hybridized carbons (Fsp3) is 0.458. The molecule has 0 aliphatic carbocycles. The lowest BCUT2D eigenvalue weighted by Crippen LogP contribution is -2.50. The van der Waals surface area contributed by atoms with E-state index in [2.05, 4.69) is 26.6 Å². The van der Waals surface area contributed by atoms with Gasteiger partial charge in [0.05, 0.1) is 22.8 Å². The highest BCUT2D eigenvalue weighted by Gasteiger charge is 2.32. The number of halogens is 3. The first kappa shape index (κ1) is 27.5. The molecule has 1 unspecified atom stereocenters. The molecule has 3 atom stereocenters. The van der Waals surface area contributed by atoms with Gasteiger partial charge in [0.15, 0.2) is 9.84 Å². The summed E-state index contributed by atoms with van der Waals surface area (Å²) in [5.41, 5.74) is 0.0512. The first-order chi connectivity index (χ1) is 16.2. The Balaban J connectivity index is 1.77. The summed E-state index contributed by atoms with van der Waals surface area (Å²) in [5.74, 6) is -1.58. The molecule has 11 heteroatoms. The van der Waals surface area contributed by atoms with E-state index in [-0.39, 0.29) is 35.2 Å².